The molecular weight excluding hydrogens is 444 g/mol. The molecule has 0 saturated carbocycles. The molecule has 36 heavy (non-hydrogen) atoms. The molecule has 0 N–H and O–H groups in total. The van der Waals surface area contributed by atoms with Gasteiger partial charge in [-0.25, -0.2) is 0 Å². The first kappa shape index (κ1) is 27.7. The summed E-state index contributed by atoms with van der Waals surface area (Å²) in [6.45, 7) is 18.6. The van der Waals surface area contributed by atoms with Crippen LogP contribution in [0, 0.1) is 25.7 Å². The van der Waals surface area contributed by atoms with Gasteiger partial charge in [0.25, 0.3) is 0 Å². The topological polar surface area (TPSA) is 40.6 Å². The number of hydrogen-bond donors (Lipinski definition) is 0. The third kappa shape index (κ3) is 5.74. The van der Waals surface area contributed by atoms with Gasteiger partial charge in [-0.3, -0.25) is 14.5 Å². The fourth-order valence-electron chi connectivity index (χ4n) is 4.96. The van der Waals surface area contributed by atoms with E-state index < -0.39 is 0 Å². The number of imide groups is 1. The second-order valence-electron chi connectivity index (χ2n) is 10.6. The summed E-state index contributed by atoms with van der Waals surface area (Å²) in [5.74, 6) is 0.343. The molecule has 1 saturated heterocycles. The van der Waals surface area contributed by atoms with E-state index in [0.29, 0.717) is 5.92 Å². The minimum Gasteiger partial charge on any atom is -0.364 e. The molecule has 2 aromatic carbocycles. The van der Waals surface area contributed by atoms with Crippen LogP contribution in [0.3, 0.4) is 0 Å². The lowest BCUT2D eigenvalue weighted by molar-refractivity contribution is -0.142. The summed E-state index contributed by atoms with van der Waals surface area (Å²) >= 11 is 0. The number of likely N-dealkylation sites (tertiary alicyclic amines) is 1. The standard InChI is InChI=1S/C22H27N.C10H17NO2/c1-5-16(2)19-8-10-21(17(3)14-19)22-11-9-20(15-18(22)4)23-12-6-7-13-23;1-5-6(2)11-9(12)7(3)8(4)10(11)13/h6-11,14-16H,5,12-13H2,1-4H3;6-8H,5H2,1-4H3. The number of carbonyl (C=O) groups excluding carboxylic acids is 2. The zero-order chi connectivity index (χ0) is 26.6. The van der Waals surface area contributed by atoms with Crippen molar-refractivity contribution < 1.29 is 9.59 Å². The van der Waals surface area contributed by atoms with Crippen LogP contribution in [0.5, 0.6) is 0 Å². The van der Waals surface area contributed by atoms with Crippen molar-refractivity contribution >= 4 is 17.5 Å². The smallest absolute Gasteiger partial charge is 0.233 e. The molecular formula is C32H44N2O2. The summed E-state index contributed by atoms with van der Waals surface area (Å²) < 4.78 is 0. The summed E-state index contributed by atoms with van der Waals surface area (Å²) in [5, 5.41) is 0. The van der Waals surface area contributed by atoms with Crippen LogP contribution in [0.25, 0.3) is 11.1 Å². The Morgan fingerprint density at radius 3 is 1.81 bits per heavy atom. The zero-order valence-corrected chi connectivity index (χ0v) is 23.5. The average molecular weight is 489 g/mol. The molecule has 0 bridgehead atoms. The van der Waals surface area contributed by atoms with Crippen LogP contribution in [0.15, 0.2) is 48.6 Å². The lowest BCUT2D eigenvalue weighted by atomic mass is 9.91. The average Bonchev–Trinajstić information content (AvgIpc) is 3.48. The summed E-state index contributed by atoms with van der Waals surface area (Å²) in [4.78, 5) is 27.1. The van der Waals surface area contributed by atoms with E-state index in [0.717, 1.165) is 19.5 Å². The SMILES string of the molecule is CCC(C)N1C(=O)C(C)C(C)C1=O.CCC(C)c1ccc(-c2ccc(N3CC=CC3)cc2C)c(C)c1. The minimum atomic E-state index is -0.138. The van der Waals surface area contributed by atoms with Crippen LogP contribution in [0.4, 0.5) is 5.69 Å². The maximum absolute atomic E-state index is 11.6. The van der Waals surface area contributed by atoms with Gasteiger partial charge in [-0.15, -0.1) is 0 Å². The first-order chi connectivity index (χ1) is 17.1. The number of aryl methyl sites for hydroxylation is 2. The number of rotatable bonds is 6. The third-order valence-corrected chi connectivity index (χ3v) is 8.15. The van der Waals surface area contributed by atoms with Gasteiger partial charge in [0, 0.05) is 36.7 Å². The molecule has 0 aliphatic carbocycles. The number of hydrogen-bond acceptors (Lipinski definition) is 3. The Morgan fingerprint density at radius 1 is 0.806 bits per heavy atom. The lowest BCUT2D eigenvalue weighted by Crippen LogP contribution is -2.38. The molecule has 2 aromatic rings. The van der Waals surface area contributed by atoms with Gasteiger partial charge in [0.15, 0.2) is 0 Å². The molecule has 0 aromatic heterocycles. The van der Waals surface area contributed by atoms with Gasteiger partial charge in [0.05, 0.1) is 0 Å². The van der Waals surface area contributed by atoms with Crippen molar-refractivity contribution in [2.45, 2.75) is 80.2 Å². The highest BCUT2D eigenvalue weighted by Gasteiger charge is 2.43. The summed E-state index contributed by atoms with van der Waals surface area (Å²) in [6, 6.07) is 13.9. The molecule has 2 aliphatic heterocycles. The fraction of sp³-hybridized carbons (Fsp3) is 0.500. The molecule has 2 aliphatic rings. The van der Waals surface area contributed by atoms with Crippen LogP contribution in [0.1, 0.15) is 77.0 Å². The fourth-order valence-corrected chi connectivity index (χ4v) is 4.96. The van der Waals surface area contributed by atoms with Crippen LogP contribution >= 0.6 is 0 Å². The first-order valence-electron chi connectivity index (χ1n) is 13.6. The van der Waals surface area contributed by atoms with E-state index in [1.165, 1.54) is 44.8 Å². The van der Waals surface area contributed by atoms with E-state index in [-0.39, 0.29) is 29.7 Å². The Hall–Kier alpha value is -2.88. The van der Waals surface area contributed by atoms with Gasteiger partial charge < -0.3 is 4.90 Å². The van der Waals surface area contributed by atoms with E-state index in [2.05, 4.69) is 81.1 Å². The predicted octanol–water partition coefficient (Wildman–Crippen LogP) is 7.29. The molecule has 2 amide bonds. The predicted molar refractivity (Wildman–Crippen MR) is 151 cm³/mol. The Labute approximate surface area is 218 Å². The first-order valence-corrected chi connectivity index (χ1v) is 13.6. The molecule has 4 nitrogen and oxygen atoms in total. The molecule has 4 unspecified atom stereocenters. The maximum atomic E-state index is 11.6. The second kappa shape index (κ2) is 11.9. The van der Waals surface area contributed by atoms with E-state index in [1.807, 2.05) is 27.7 Å². The van der Waals surface area contributed by atoms with E-state index in [4.69, 9.17) is 0 Å². The minimum absolute atomic E-state index is 0.00755. The Balaban J connectivity index is 0.000000236. The highest BCUT2D eigenvalue weighted by molar-refractivity contribution is 6.05. The van der Waals surface area contributed by atoms with Crippen LogP contribution in [0.2, 0.25) is 0 Å². The molecule has 194 valence electrons. The highest BCUT2D eigenvalue weighted by atomic mass is 16.2. The Bertz CT molecular complexity index is 1090. The van der Waals surface area contributed by atoms with Crippen LogP contribution in [-0.2, 0) is 9.59 Å². The zero-order valence-electron chi connectivity index (χ0n) is 23.5. The second-order valence-corrected chi connectivity index (χ2v) is 10.6. The maximum Gasteiger partial charge on any atom is 0.233 e. The number of carbonyl (C=O) groups is 2. The van der Waals surface area contributed by atoms with Gasteiger partial charge in [-0.1, -0.05) is 71.0 Å². The van der Waals surface area contributed by atoms with Crippen molar-refractivity contribution in [1.82, 2.24) is 4.90 Å². The molecule has 4 atom stereocenters. The van der Waals surface area contributed by atoms with Gasteiger partial charge in [0.1, 0.15) is 0 Å². The lowest BCUT2D eigenvalue weighted by Gasteiger charge is -2.21. The van der Waals surface area contributed by atoms with E-state index in [9.17, 15) is 9.59 Å². The molecule has 4 heteroatoms. The highest BCUT2D eigenvalue weighted by Crippen LogP contribution is 2.32. The normalized spacial score (nSPS) is 21.0. The number of amides is 2. The number of nitrogens with zero attached hydrogens (tertiary/aromatic N) is 2. The molecule has 0 radical (unpaired) electrons. The van der Waals surface area contributed by atoms with Gasteiger partial charge in [0.2, 0.25) is 11.8 Å². The Kier molecular flexibility index (Phi) is 9.16. The monoisotopic (exact) mass is 488 g/mol. The summed E-state index contributed by atoms with van der Waals surface area (Å²) in [7, 11) is 0. The van der Waals surface area contributed by atoms with E-state index >= 15 is 0 Å². The van der Waals surface area contributed by atoms with Crippen molar-refractivity contribution in [2.24, 2.45) is 11.8 Å². The molecule has 0 spiro atoms. The number of benzene rings is 2. The van der Waals surface area contributed by atoms with Crippen molar-refractivity contribution in [2.75, 3.05) is 18.0 Å². The molecule has 4 rings (SSSR count). The number of anilines is 1. The third-order valence-electron chi connectivity index (χ3n) is 8.15. The van der Waals surface area contributed by atoms with Gasteiger partial charge in [-0.05, 0) is 79.5 Å². The van der Waals surface area contributed by atoms with Gasteiger partial charge in [-0.2, -0.15) is 0 Å². The molecule has 2 heterocycles. The quantitative estimate of drug-likeness (QED) is 0.317. The van der Waals surface area contributed by atoms with Crippen molar-refractivity contribution in [3.05, 3.63) is 65.2 Å². The van der Waals surface area contributed by atoms with Crippen molar-refractivity contribution in [3.63, 3.8) is 0 Å². The van der Waals surface area contributed by atoms with Crippen molar-refractivity contribution in [3.8, 4) is 11.1 Å². The van der Waals surface area contributed by atoms with Crippen LogP contribution in [-0.4, -0.2) is 35.8 Å². The van der Waals surface area contributed by atoms with E-state index in [1.54, 1.807) is 0 Å². The largest absolute Gasteiger partial charge is 0.364 e. The molecule has 1 fully saturated rings. The summed E-state index contributed by atoms with van der Waals surface area (Å²) in [5.41, 5.74) is 8.22. The summed E-state index contributed by atoms with van der Waals surface area (Å²) in [6.07, 6.45) is 6.50. The van der Waals surface area contributed by atoms with Crippen LogP contribution < -0.4 is 4.90 Å². The van der Waals surface area contributed by atoms with Crippen molar-refractivity contribution in [1.29, 1.82) is 0 Å². The van der Waals surface area contributed by atoms with Gasteiger partial charge >= 0.3 is 0 Å². The Morgan fingerprint density at radius 2 is 1.33 bits per heavy atom.